The lowest BCUT2D eigenvalue weighted by Gasteiger charge is -2.34. The van der Waals surface area contributed by atoms with E-state index in [1.165, 1.54) is 109 Å². The van der Waals surface area contributed by atoms with Crippen LogP contribution in [0.1, 0.15) is 98.6 Å². The Morgan fingerprint density at radius 3 is 1.24 bits per heavy atom. The SMILES string of the molecule is CCCCCCc1ccc(C2(c3ccc(CCCCCC)cc3)c3ccccc3-c3ccccc32)cc1. The molecule has 0 nitrogen and oxygen atoms in total. The summed E-state index contributed by atoms with van der Waals surface area (Å²) in [4.78, 5) is 0. The Bertz CT molecular complexity index is 1170. The van der Waals surface area contributed by atoms with E-state index < -0.39 is 0 Å². The van der Waals surface area contributed by atoms with Crippen LogP contribution in [-0.4, -0.2) is 0 Å². The molecule has 4 aromatic carbocycles. The van der Waals surface area contributed by atoms with E-state index >= 15 is 0 Å². The molecule has 0 saturated heterocycles. The quantitative estimate of drug-likeness (QED) is 0.154. The summed E-state index contributed by atoms with van der Waals surface area (Å²) in [5.41, 5.74) is 10.9. The Labute approximate surface area is 224 Å². The Hall–Kier alpha value is -3.12. The van der Waals surface area contributed by atoms with Gasteiger partial charge in [-0.1, -0.05) is 149 Å². The molecule has 0 aliphatic heterocycles. The second kappa shape index (κ2) is 12.0. The van der Waals surface area contributed by atoms with Gasteiger partial charge in [-0.05, 0) is 70.2 Å². The number of unbranched alkanes of at least 4 members (excludes halogenated alkanes) is 6. The lowest BCUT2D eigenvalue weighted by atomic mass is 9.67. The van der Waals surface area contributed by atoms with Crippen molar-refractivity contribution in [1.82, 2.24) is 0 Å². The molecule has 1 aliphatic rings. The number of rotatable bonds is 12. The van der Waals surface area contributed by atoms with Gasteiger partial charge in [-0.3, -0.25) is 0 Å². The van der Waals surface area contributed by atoms with Gasteiger partial charge in [-0.2, -0.15) is 0 Å². The third-order valence-electron chi connectivity index (χ3n) is 8.36. The first-order valence-electron chi connectivity index (χ1n) is 14.7. The Balaban J connectivity index is 1.57. The van der Waals surface area contributed by atoms with Crippen molar-refractivity contribution in [2.45, 2.75) is 83.5 Å². The normalized spacial score (nSPS) is 13.4. The predicted octanol–water partition coefficient (Wildman–Crippen LogP) is 10.3. The summed E-state index contributed by atoms with van der Waals surface area (Å²) in [5.74, 6) is 0. The van der Waals surface area contributed by atoms with Crippen LogP contribution in [0.4, 0.5) is 0 Å². The van der Waals surface area contributed by atoms with Gasteiger partial charge >= 0.3 is 0 Å². The fraction of sp³-hybridized carbons (Fsp3) is 0.351. The van der Waals surface area contributed by atoms with Crippen LogP contribution in [0.5, 0.6) is 0 Å². The van der Waals surface area contributed by atoms with Crippen LogP contribution in [0.25, 0.3) is 11.1 Å². The number of hydrogen-bond acceptors (Lipinski definition) is 0. The zero-order valence-electron chi connectivity index (χ0n) is 22.8. The molecular formula is C37H42. The van der Waals surface area contributed by atoms with Crippen molar-refractivity contribution in [2.24, 2.45) is 0 Å². The third-order valence-corrected chi connectivity index (χ3v) is 8.36. The molecule has 0 aromatic heterocycles. The molecule has 0 radical (unpaired) electrons. The fourth-order valence-corrected chi connectivity index (χ4v) is 6.38. The minimum atomic E-state index is -0.283. The monoisotopic (exact) mass is 486 g/mol. The summed E-state index contributed by atoms with van der Waals surface area (Å²) < 4.78 is 0. The van der Waals surface area contributed by atoms with Crippen LogP contribution in [0.3, 0.4) is 0 Å². The van der Waals surface area contributed by atoms with Crippen LogP contribution in [0, 0.1) is 0 Å². The standard InChI is InChI=1S/C37H42/c1-3-5-7-9-15-29-21-25-31(26-22-29)37(32-27-23-30(24-28-32)16-10-8-6-4-2)35-19-13-11-17-33(35)34-18-12-14-20-36(34)37/h11-14,17-28H,3-10,15-16H2,1-2H3. The number of fused-ring (bicyclic) bond motifs is 3. The average molecular weight is 487 g/mol. The van der Waals surface area contributed by atoms with Gasteiger partial charge in [0, 0.05) is 0 Å². The van der Waals surface area contributed by atoms with Gasteiger partial charge in [0.15, 0.2) is 0 Å². The summed E-state index contributed by atoms with van der Waals surface area (Å²) in [7, 11) is 0. The molecule has 0 heterocycles. The first kappa shape index (κ1) is 25.5. The fourth-order valence-electron chi connectivity index (χ4n) is 6.38. The van der Waals surface area contributed by atoms with Gasteiger partial charge < -0.3 is 0 Å². The van der Waals surface area contributed by atoms with E-state index in [1.807, 2.05) is 0 Å². The molecule has 37 heavy (non-hydrogen) atoms. The molecule has 0 heteroatoms. The molecule has 5 rings (SSSR count). The molecule has 0 saturated carbocycles. The largest absolute Gasteiger partial charge is 0.0713 e. The van der Waals surface area contributed by atoms with Gasteiger partial charge in [0.1, 0.15) is 0 Å². The molecule has 0 fully saturated rings. The maximum absolute atomic E-state index is 2.41. The maximum atomic E-state index is 2.41. The Morgan fingerprint density at radius 2 is 0.838 bits per heavy atom. The average Bonchev–Trinajstić information content (AvgIpc) is 3.25. The molecular weight excluding hydrogens is 444 g/mol. The summed E-state index contributed by atoms with van der Waals surface area (Å²) in [5, 5.41) is 0. The summed E-state index contributed by atoms with van der Waals surface area (Å²) in [6.07, 6.45) is 12.8. The smallest absolute Gasteiger partial charge is 0.0654 e. The van der Waals surface area contributed by atoms with Crippen LogP contribution in [-0.2, 0) is 18.3 Å². The molecule has 0 unspecified atom stereocenters. The second-order valence-corrected chi connectivity index (χ2v) is 10.9. The van der Waals surface area contributed by atoms with Crippen molar-refractivity contribution >= 4 is 0 Å². The zero-order valence-corrected chi connectivity index (χ0v) is 22.8. The summed E-state index contributed by atoms with van der Waals surface area (Å²) in [6.45, 7) is 4.56. The highest BCUT2D eigenvalue weighted by atomic mass is 14.5. The molecule has 0 amide bonds. The molecule has 4 aromatic rings. The first-order chi connectivity index (χ1) is 18.3. The van der Waals surface area contributed by atoms with Crippen molar-refractivity contribution < 1.29 is 0 Å². The zero-order chi connectivity index (χ0) is 25.5. The van der Waals surface area contributed by atoms with Gasteiger partial charge in [0.2, 0.25) is 0 Å². The van der Waals surface area contributed by atoms with Crippen LogP contribution in [0.2, 0.25) is 0 Å². The van der Waals surface area contributed by atoms with Crippen molar-refractivity contribution in [1.29, 1.82) is 0 Å². The highest BCUT2D eigenvalue weighted by Gasteiger charge is 2.45. The molecule has 0 spiro atoms. The van der Waals surface area contributed by atoms with Gasteiger partial charge in [-0.15, -0.1) is 0 Å². The maximum Gasteiger partial charge on any atom is 0.0713 e. The van der Waals surface area contributed by atoms with Crippen LogP contribution >= 0.6 is 0 Å². The van der Waals surface area contributed by atoms with Crippen molar-refractivity contribution in [3.8, 4) is 11.1 Å². The first-order valence-corrected chi connectivity index (χ1v) is 14.7. The molecule has 0 N–H and O–H groups in total. The van der Waals surface area contributed by atoms with Crippen molar-refractivity contribution in [2.75, 3.05) is 0 Å². The lowest BCUT2D eigenvalue weighted by Crippen LogP contribution is -2.28. The van der Waals surface area contributed by atoms with Crippen LogP contribution in [0.15, 0.2) is 97.1 Å². The van der Waals surface area contributed by atoms with E-state index in [0.717, 1.165) is 0 Å². The minimum absolute atomic E-state index is 0.283. The molecule has 0 atom stereocenters. The number of hydrogen-bond donors (Lipinski definition) is 0. The number of aryl methyl sites for hydroxylation is 2. The van der Waals surface area contributed by atoms with Gasteiger partial charge in [0.25, 0.3) is 0 Å². The van der Waals surface area contributed by atoms with E-state index in [-0.39, 0.29) is 5.41 Å². The van der Waals surface area contributed by atoms with E-state index in [0.29, 0.717) is 0 Å². The summed E-state index contributed by atoms with van der Waals surface area (Å²) in [6, 6.07) is 37.3. The summed E-state index contributed by atoms with van der Waals surface area (Å²) >= 11 is 0. The van der Waals surface area contributed by atoms with E-state index in [2.05, 4.69) is 111 Å². The number of benzene rings is 4. The highest BCUT2D eigenvalue weighted by Crippen LogP contribution is 2.55. The third kappa shape index (κ3) is 5.04. The Morgan fingerprint density at radius 1 is 0.432 bits per heavy atom. The van der Waals surface area contributed by atoms with E-state index in [1.54, 1.807) is 0 Å². The molecule has 1 aliphatic carbocycles. The second-order valence-electron chi connectivity index (χ2n) is 10.9. The minimum Gasteiger partial charge on any atom is -0.0654 e. The molecule has 190 valence electrons. The molecule has 0 bridgehead atoms. The van der Waals surface area contributed by atoms with E-state index in [4.69, 9.17) is 0 Å². The van der Waals surface area contributed by atoms with Crippen molar-refractivity contribution in [3.63, 3.8) is 0 Å². The van der Waals surface area contributed by atoms with Gasteiger partial charge in [0.05, 0.1) is 5.41 Å². The van der Waals surface area contributed by atoms with Gasteiger partial charge in [-0.25, -0.2) is 0 Å². The predicted molar refractivity (Wildman–Crippen MR) is 159 cm³/mol. The lowest BCUT2D eigenvalue weighted by molar-refractivity contribution is 0.666. The van der Waals surface area contributed by atoms with Crippen molar-refractivity contribution in [3.05, 3.63) is 130 Å². The van der Waals surface area contributed by atoms with E-state index in [9.17, 15) is 0 Å². The van der Waals surface area contributed by atoms with Crippen LogP contribution < -0.4 is 0 Å². The Kier molecular flexibility index (Phi) is 8.24. The highest BCUT2D eigenvalue weighted by molar-refractivity contribution is 5.86. The topological polar surface area (TPSA) is 0 Å².